The van der Waals surface area contributed by atoms with E-state index >= 15 is 0 Å². The van der Waals surface area contributed by atoms with Crippen LogP contribution in [-0.2, 0) is 0 Å². The predicted octanol–water partition coefficient (Wildman–Crippen LogP) is 4.81. The van der Waals surface area contributed by atoms with Crippen molar-refractivity contribution in [2.45, 2.75) is 0 Å². The van der Waals surface area contributed by atoms with Crippen LogP contribution in [0.3, 0.4) is 0 Å². The van der Waals surface area contributed by atoms with Crippen molar-refractivity contribution >= 4 is 6.08 Å². The van der Waals surface area contributed by atoms with Crippen LogP contribution in [0.1, 0.15) is 5.82 Å². The first kappa shape index (κ1) is 19.0. The fraction of sp³-hybridized carbons (Fsp3) is 0. The molecular formula is C24H18N6. The average molecular weight is 390 g/mol. The van der Waals surface area contributed by atoms with Gasteiger partial charge < -0.3 is 0 Å². The number of aromatic nitrogens is 6. The van der Waals surface area contributed by atoms with Gasteiger partial charge in [0.25, 0.3) is 0 Å². The number of pyridine rings is 3. The first-order valence-electron chi connectivity index (χ1n) is 9.31. The number of rotatable bonds is 6. The molecular weight excluding hydrogens is 372 g/mol. The van der Waals surface area contributed by atoms with Gasteiger partial charge in [0.05, 0.1) is 11.4 Å². The number of allylic oxidation sites excluding steroid dienone is 4. The Morgan fingerprint density at radius 1 is 0.733 bits per heavy atom. The Labute approximate surface area is 174 Å². The van der Waals surface area contributed by atoms with Gasteiger partial charge in [-0.1, -0.05) is 30.9 Å². The number of hydrogen-bond donors (Lipinski definition) is 0. The van der Waals surface area contributed by atoms with E-state index in [9.17, 15) is 0 Å². The van der Waals surface area contributed by atoms with Gasteiger partial charge in [-0.15, -0.1) is 0 Å². The van der Waals surface area contributed by atoms with Crippen LogP contribution in [0.5, 0.6) is 0 Å². The second kappa shape index (κ2) is 9.25. The topological polar surface area (TPSA) is 77.3 Å². The molecule has 0 bridgehead atoms. The molecule has 4 aromatic rings. The maximum Gasteiger partial charge on any atom is 0.163 e. The van der Waals surface area contributed by atoms with Gasteiger partial charge in [0, 0.05) is 41.5 Å². The molecule has 144 valence electrons. The van der Waals surface area contributed by atoms with Crippen LogP contribution in [-0.4, -0.2) is 29.9 Å². The quantitative estimate of drug-likeness (QED) is 0.440. The zero-order valence-electron chi connectivity index (χ0n) is 16.1. The van der Waals surface area contributed by atoms with Crippen molar-refractivity contribution in [3.8, 4) is 33.9 Å². The van der Waals surface area contributed by atoms with E-state index in [1.807, 2.05) is 60.7 Å². The molecule has 4 heterocycles. The molecule has 0 spiro atoms. The van der Waals surface area contributed by atoms with Crippen LogP contribution in [0.15, 0.2) is 98.4 Å². The standard InChI is InChI=1S/C24H18N6/c1-2-3-4-5-10-23-27-17-28-24(30-23)20-13-21(18-8-6-11-25-15-18)29-22(14-20)19-9-7-12-26-16-19/h2-17H,1H2/b4-3-,10-5+. The molecule has 0 unspecified atom stereocenters. The normalized spacial score (nSPS) is 11.2. The van der Waals surface area contributed by atoms with Crippen LogP contribution in [0.2, 0.25) is 0 Å². The van der Waals surface area contributed by atoms with Crippen LogP contribution in [0.4, 0.5) is 0 Å². The average Bonchev–Trinajstić information content (AvgIpc) is 2.83. The third-order valence-corrected chi connectivity index (χ3v) is 4.19. The van der Waals surface area contributed by atoms with E-state index in [1.165, 1.54) is 6.33 Å². The zero-order chi connectivity index (χ0) is 20.6. The molecule has 0 atom stereocenters. The van der Waals surface area contributed by atoms with Gasteiger partial charge in [0.2, 0.25) is 0 Å². The Morgan fingerprint density at radius 2 is 1.43 bits per heavy atom. The van der Waals surface area contributed by atoms with Gasteiger partial charge in [-0.3, -0.25) is 9.97 Å². The minimum Gasteiger partial charge on any atom is -0.264 e. The lowest BCUT2D eigenvalue weighted by molar-refractivity contribution is 1.03. The predicted molar refractivity (Wildman–Crippen MR) is 118 cm³/mol. The van der Waals surface area contributed by atoms with E-state index in [2.05, 4.69) is 31.5 Å². The fourth-order valence-electron chi connectivity index (χ4n) is 2.80. The third kappa shape index (κ3) is 4.56. The van der Waals surface area contributed by atoms with E-state index in [1.54, 1.807) is 30.9 Å². The van der Waals surface area contributed by atoms with E-state index in [4.69, 9.17) is 4.98 Å². The monoisotopic (exact) mass is 390 g/mol. The summed E-state index contributed by atoms with van der Waals surface area (Å²) >= 11 is 0. The Morgan fingerprint density at radius 3 is 2.03 bits per heavy atom. The van der Waals surface area contributed by atoms with E-state index < -0.39 is 0 Å². The summed E-state index contributed by atoms with van der Waals surface area (Å²) in [5, 5.41) is 0. The zero-order valence-corrected chi connectivity index (χ0v) is 16.1. The summed E-state index contributed by atoms with van der Waals surface area (Å²) in [6.07, 6.45) is 17.6. The number of hydrogen-bond acceptors (Lipinski definition) is 6. The summed E-state index contributed by atoms with van der Waals surface area (Å²) in [6, 6.07) is 11.6. The van der Waals surface area contributed by atoms with Gasteiger partial charge >= 0.3 is 0 Å². The molecule has 0 aromatic carbocycles. The highest BCUT2D eigenvalue weighted by molar-refractivity contribution is 5.73. The van der Waals surface area contributed by atoms with Crippen LogP contribution in [0, 0.1) is 0 Å². The molecule has 6 nitrogen and oxygen atoms in total. The molecule has 0 N–H and O–H groups in total. The lowest BCUT2D eigenvalue weighted by atomic mass is 10.1. The summed E-state index contributed by atoms with van der Waals surface area (Å²) in [5.41, 5.74) is 4.22. The Bertz CT molecular complexity index is 1140. The van der Waals surface area contributed by atoms with Crippen molar-refractivity contribution < 1.29 is 0 Å². The second-order valence-corrected chi connectivity index (χ2v) is 6.26. The molecule has 4 aromatic heterocycles. The summed E-state index contributed by atoms with van der Waals surface area (Å²) in [5.74, 6) is 1.13. The summed E-state index contributed by atoms with van der Waals surface area (Å²) < 4.78 is 0. The Kier molecular flexibility index (Phi) is 5.86. The summed E-state index contributed by atoms with van der Waals surface area (Å²) in [7, 11) is 0. The SMILES string of the molecule is C=C/C=C\C=C\c1ncnc(-c2cc(-c3cccnc3)nc(-c3cccnc3)c2)n1. The van der Waals surface area contributed by atoms with E-state index in [0.29, 0.717) is 11.6 Å². The molecule has 0 saturated carbocycles. The van der Waals surface area contributed by atoms with Gasteiger partial charge in [0.1, 0.15) is 6.33 Å². The van der Waals surface area contributed by atoms with Crippen LogP contribution < -0.4 is 0 Å². The van der Waals surface area contributed by atoms with Crippen molar-refractivity contribution in [1.29, 1.82) is 0 Å². The lowest BCUT2D eigenvalue weighted by Gasteiger charge is -2.09. The van der Waals surface area contributed by atoms with Crippen molar-refractivity contribution in [2.75, 3.05) is 0 Å². The molecule has 0 saturated heterocycles. The largest absolute Gasteiger partial charge is 0.264 e. The second-order valence-electron chi connectivity index (χ2n) is 6.26. The minimum absolute atomic E-state index is 0.565. The molecule has 0 aliphatic heterocycles. The van der Waals surface area contributed by atoms with Crippen molar-refractivity contribution in [1.82, 2.24) is 29.9 Å². The highest BCUT2D eigenvalue weighted by Crippen LogP contribution is 2.28. The molecule has 0 aliphatic rings. The lowest BCUT2D eigenvalue weighted by Crippen LogP contribution is -1.97. The van der Waals surface area contributed by atoms with Crippen molar-refractivity contribution in [3.63, 3.8) is 0 Å². The van der Waals surface area contributed by atoms with Gasteiger partial charge in [-0.25, -0.2) is 19.9 Å². The molecule has 0 aliphatic carbocycles. The highest BCUT2D eigenvalue weighted by atomic mass is 15.0. The highest BCUT2D eigenvalue weighted by Gasteiger charge is 2.11. The van der Waals surface area contributed by atoms with Gasteiger partial charge in [-0.2, -0.15) is 0 Å². The van der Waals surface area contributed by atoms with Crippen LogP contribution in [0.25, 0.3) is 40.0 Å². The van der Waals surface area contributed by atoms with Gasteiger partial charge in [-0.05, 0) is 42.5 Å². The Balaban J connectivity index is 1.80. The smallest absolute Gasteiger partial charge is 0.163 e. The third-order valence-electron chi connectivity index (χ3n) is 4.19. The molecule has 30 heavy (non-hydrogen) atoms. The molecule has 0 radical (unpaired) electrons. The molecule has 4 rings (SSSR count). The fourth-order valence-corrected chi connectivity index (χ4v) is 2.80. The first-order valence-corrected chi connectivity index (χ1v) is 9.31. The molecule has 0 amide bonds. The van der Waals surface area contributed by atoms with Crippen molar-refractivity contribution in [2.24, 2.45) is 0 Å². The maximum absolute atomic E-state index is 4.81. The summed E-state index contributed by atoms with van der Waals surface area (Å²) in [4.78, 5) is 26.4. The van der Waals surface area contributed by atoms with Gasteiger partial charge in [0.15, 0.2) is 11.6 Å². The van der Waals surface area contributed by atoms with E-state index in [0.717, 1.165) is 28.1 Å². The minimum atomic E-state index is 0.565. The van der Waals surface area contributed by atoms with Crippen LogP contribution >= 0.6 is 0 Å². The summed E-state index contributed by atoms with van der Waals surface area (Å²) in [6.45, 7) is 3.65. The first-order chi connectivity index (χ1) is 14.8. The van der Waals surface area contributed by atoms with E-state index in [-0.39, 0.29) is 0 Å². The Hall–Kier alpha value is -4.32. The maximum atomic E-state index is 4.81. The van der Waals surface area contributed by atoms with Crippen molar-refractivity contribution in [3.05, 3.63) is 104 Å². The molecule has 6 heteroatoms. The molecule has 0 fully saturated rings. The number of nitrogens with zero attached hydrogens (tertiary/aromatic N) is 6.